The Hall–Kier alpha value is -2.49. The molecule has 104 valence electrons. The zero-order valence-corrected chi connectivity index (χ0v) is 11.6. The van der Waals surface area contributed by atoms with Crippen molar-refractivity contribution >= 4 is 17.3 Å². The first-order valence-electron chi connectivity index (χ1n) is 6.44. The molecule has 0 atom stereocenters. The van der Waals surface area contributed by atoms with E-state index in [1.807, 2.05) is 12.1 Å². The van der Waals surface area contributed by atoms with Gasteiger partial charge in [0.2, 0.25) is 0 Å². The summed E-state index contributed by atoms with van der Waals surface area (Å²) in [6.45, 7) is 4.21. The van der Waals surface area contributed by atoms with Crippen molar-refractivity contribution in [3.8, 4) is 5.75 Å². The lowest BCUT2D eigenvalue weighted by atomic mass is 10.0. The number of benzene rings is 2. The second kappa shape index (κ2) is 5.65. The van der Waals surface area contributed by atoms with Crippen molar-refractivity contribution < 1.29 is 9.53 Å². The molecule has 4 heteroatoms. The van der Waals surface area contributed by atoms with Crippen LogP contribution in [0, 0.1) is 0 Å². The van der Waals surface area contributed by atoms with Crippen molar-refractivity contribution in [2.45, 2.75) is 19.8 Å². The van der Waals surface area contributed by atoms with Gasteiger partial charge in [0, 0.05) is 11.4 Å². The highest BCUT2D eigenvalue weighted by Gasteiger charge is 2.13. The van der Waals surface area contributed by atoms with Gasteiger partial charge >= 0.3 is 5.97 Å². The second-order valence-corrected chi connectivity index (χ2v) is 4.96. The molecular weight excluding hydrogens is 252 g/mol. The summed E-state index contributed by atoms with van der Waals surface area (Å²) < 4.78 is 5.30. The Labute approximate surface area is 118 Å². The third kappa shape index (κ3) is 3.09. The van der Waals surface area contributed by atoms with Gasteiger partial charge in [0.25, 0.3) is 0 Å². The van der Waals surface area contributed by atoms with Gasteiger partial charge in [-0.1, -0.05) is 26.0 Å². The normalized spacial score (nSPS) is 10.6. The van der Waals surface area contributed by atoms with Crippen LogP contribution in [0.1, 0.15) is 35.7 Å². The van der Waals surface area contributed by atoms with Crippen LogP contribution in [0.5, 0.6) is 5.75 Å². The second-order valence-electron chi connectivity index (χ2n) is 4.96. The fourth-order valence-electron chi connectivity index (χ4n) is 1.83. The maximum Gasteiger partial charge on any atom is 0.345 e. The standard InChI is InChI=1S/C16H18N2O2/c1-10(2)11-3-6-13(7-4-11)20-16(19)14-9-12(17)5-8-15(14)18/h3-10H,17-18H2,1-2H3. The summed E-state index contributed by atoms with van der Waals surface area (Å²) in [6.07, 6.45) is 0. The topological polar surface area (TPSA) is 78.3 Å². The van der Waals surface area contributed by atoms with Gasteiger partial charge in [-0.15, -0.1) is 0 Å². The van der Waals surface area contributed by atoms with Crippen LogP contribution >= 0.6 is 0 Å². The number of carbonyl (C=O) groups excluding carboxylic acids is 1. The van der Waals surface area contributed by atoms with E-state index in [9.17, 15) is 4.79 Å². The maximum absolute atomic E-state index is 12.0. The molecule has 0 aliphatic rings. The molecule has 2 aromatic rings. The number of hydrogen-bond acceptors (Lipinski definition) is 4. The lowest BCUT2D eigenvalue weighted by Gasteiger charge is -2.09. The molecule has 2 aromatic carbocycles. The van der Waals surface area contributed by atoms with Crippen LogP contribution in [0.15, 0.2) is 42.5 Å². The Morgan fingerprint density at radius 1 is 1.05 bits per heavy atom. The van der Waals surface area contributed by atoms with Gasteiger partial charge in [-0.2, -0.15) is 0 Å². The zero-order chi connectivity index (χ0) is 14.7. The summed E-state index contributed by atoms with van der Waals surface area (Å²) in [7, 11) is 0. The Morgan fingerprint density at radius 2 is 1.70 bits per heavy atom. The van der Waals surface area contributed by atoms with Gasteiger partial charge in [0.15, 0.2) is 0 Å². The van der Waals surface area contributed by atoms with Crippen molar-refractivity contribution in [2.24, 2.45) is 0 Å². The van der Waals surface area contributed by atoms with Crippen LogP contribution in [0.2, 0.25) is 0 Å². The summed E-state index contributed by atoms with van der Waals surface area (Å²) in [6, 6.07) is 12.2. The molecule has 0 aliphatic heterocycles. The SMILES string of the molecule is CC(C)c1ccc(OC(=O)c2cc(N)ccc2N)cc1. The number of hydrogen-bond donors (Lipinski definition) is 2. The summed E-state index contributed by atoms with van der Waals surface area (Å²) in [5.41, 5.74) is 13.7. The molecule has 2 rings (SSSR count). The molecule has 0 aromatic heterocycles. The first-order valence-corrected chi connectivity index (χ1v) is 6.44. The highest BCUT2D eigenvalue weighted by atomic mass is 16.5. The molecule has 0 unspecified atom stereocenters. The number of ether oxygens (including phenoxy) is 1. The number of esters is 1. The number of nitrogen functional groups attached to an aromatic ring is 2. The maximum atomic E-state index is 12.0. The molecular formula is C16H18N2O2. The fraction of sp³-hybridized carbons (Fsp3) is 0.188. The molecule has 0 radical (unpaired) electrons. The third-order valence-corrected chi connectivity index (χ3v) is 3.05. The zero-order valence-electron chi connectivity index (χ0n) is 11.6. The van der Waals surface area contributed by atoms with Gasteiger partial charge in [-0.25, -0.2) is 4.79 Å². The Bertz CT molecular complexity index is 619. The van der Waals surface area contributed by atoms with Gasteiger partial charge in [-0.05, 0) is 41.8 Å². The molecule has 0 saturated carbocycles. The first-order chi connectivity index (χ1) is 9.47. The number of carbonyl (C=O) groups is 1. The number of rotatable bonds is 3. The predicted molar refractivity (Wildman–Crippen MR) is 80.8 cm³/mol. The molecule has 0 amide bonds. The van der Waals surface area contributed by atoms with E-state index in [2.05, 4.69) is 13.8 Å². The summed E-state index contributed by atoms with van der Waals surface area (Å²) in [5.74, 6) is 0.414. The lowest BCUT2D eigenvalue weighted by Crippen LogP contribution is -2.11. The van der Waals surface area contributed by atoms with Crippen molar-refractivity contribution in [3.05, 3.63) is 53.6 Å². The van der Waals surface area contributed by atoms with Crippen LogP contribution in [0.25, 0.3) is 0 Å². The Balaban J connectivity index is 2.17. The van der Waals surface area contributed by atoms with Crippen LogP contribution in [-0.2, 0) is 0 Å². The van der Waals surface area contributed by atoms with Crippen LogP contribution < -0.4 is 16.2 Å². The first kappa shape index (κ1) is 13.9. The molecule has 4 N–H and O–H groups in total. The van der Waals surface area contributed by atoms with E-state index >= 15 is 0 Å². The minimum atomic E-state index is -0.507. The minimum absolute atomic E-state index is 0.276. The summed E-state index contributed by atoms with van der Waals surface area (Å²) in [4.78, 5) is 12.0. The van der Waals surface area contributed by atoms with Crippen LogP contribution in [0.3, 0.4) is 0 Å². The van der Waals surface area contributed by atoms with Crippen LogP contribution in [-0.4, -0.2) is 5.97 Å². The molecule has 0 aliphatic carbocycles. The average Bonchev–Trinajstić information content (AvgIpc) is 2.42. The largest absolute Gasteiger partial charge is 0.423 e. The quantitative estimate of drug-likeness (QED) is 0.510. The molecule has 20 heavy (non-hydrogen) atoms. The fourth-order valence-corrected chi connectivity index (χ4v) is 1.83. The minimum Gasteiger partial charge on any atom is -0.423 e. The molecule has 0 spiro atoms. The van der Waals surface area contributed by atoms with E-state index in [0.29, 0.717) is 23.0 Å². The highest BCUT2D eigenvalue weighted by molar-refractivity contribution is 5.97. The number of anilines is 2. The Morgan fingerprint density at radius 3 is 2.30 bits per heavy atom. The molecule has 0 fully saturated rings. The molecule has 0 bridgehead atoms. The van der Waals surface area contributed by atoms with Crippen molar-refractivity contribution in [2.75, 3.05) is 11.5 Å². The van der Waals surface area contributed by atoms with Crippen LogP contribution in [0.4, 0.5) is 11.4 Å². The van der Waals surface area contributed by atoms with E-state index in [0.717, 1.165) is 0 Å². The molecule has 0 saturated heterocycles. The molecule has 4 nitrogen and oxygen atoms in total. The van der Waals surface area contributed by atoms with E-state index in [1.54, 1.807) is 24.3 Å². The highest BCUT2D eigenvalue weighted by Crippen LogP contribution is 2.21. The number of nitrogens with two attached hydrogens (primary N) is 2. The van der Waals surface area contributed by atoms with E-state index < -0.39 is 5.97 Å². The van der Waals surface area contributed by atoms with Crippen molar-refractivity contribution in [1.82, 2.24) is 0 Å². The predicted octanol–water partition coefficient (Wildman–Crippen LogP) is 3.19. The van der Waals surface area contributed by atoms with Gasteiger partial charge in [0.1, 0.15) is 5.75 Å². The van der Waals surface area contributed by atoms with Gasteiger partial charge < -0.3 is 16.2 Å². The molecule has 0 heterocycles. The van der Waals surface area contributed by atoms with Crippen molar-refractivity contribution in [1.29, 1.82) is 0 Å². The summed E-state index contributed by atoms with van der Waals surface area (Å²) in [5, 5.41) is 0. The third-order valence-electron chi connectivity index (χ3n) is 3.05. The smallest absolute Gasteiger partial charge is 0.345 e. The van der Waals surface area contributed by atoms with Gasteiger partial charge in [-0.3, -0.25) is 0 Å². The Kier molecular flexibility index (Phi) is 3.94. The van der Waals surface area contributed by atoms with E-state index in [-0.39, 0.29) is 5.56 Å². The monoisotopic (exact) mass is 270 g/mol. The lowest BCUT2D eigenvalue weighted by molar-refractivity contribution is 0.0736. The van der Waals surface area contributed by atoms with Crippen molar-refractivity contribution in [3.63, 3.8) is 0 Å². The van der Waals surface area contributed by atoms with E-state index in [4.69, 9.17) is 16.2 Å². The summed E-state index contributed by atoms with van der Waals surface area (Å²) >= 11 is 0. The van der Waals surface area contributed by atoms with Gasteiger partial charge in [0.05, 0.1) is 5.56 Å². The average molecular weight is 270 g/mol. The van der Waals surface area contributed by atoms with E-state index in [1.165, 1.54) is 11.6 Å².